The fraction of sp³-hybridized carbons (Fsp3) is 0.231. The summed E-state index contributed by atoms with van der Waals surface area (Å²) in [7, 11) is 1.56. The number of ether oxygens (including phenoxy) is 3. The summed E-state index contributed by atoms with van der Waals surface area (Å²) in [6, 6.07) is 22.9. The maximum absolute atomic E-state index is 15.5. The molecule has 0 radical (unpaired) electrons. The Hall–Kier alpha value is -4.94. The number of anilines is 1. The van der Waals surface area contributed by atoms with Crippen LogP contribution >= 0.6 is 36.4 Å². The smallest absolute Gasteiger partial charge is 0.280 e. The van der Waals surface area contributed by atoms with Crippen molar-refractivity contribution < 1.29 is 23.4 Å². The van der Waals surface area contributed by atoms with Crippen molar-refractivity contribution in [3.8, 4) is 28.7 Å². The number of likely N-dealkylation sites (tertiary alicyclic amines) is 1. The van der Waals surface area contributed by atoms with Crippen LogP contribution in [0.25, 0.3) is 27.5 Å². The monoisotopic (exact) mass is 779 g/mol. The third kappa shape index (κ3) is 8.66. The summed E-state index contributed by atoms with van der Waals surface area (Å²) >= 11 is 6.44. The van der Waals surface area contributed by atoms with Gasteiger partial charge in [0.2, 0.25) is 5.43 Å². The first-order valence-corrected chi connectivity index (χ1v) is 17.1. The molecule has 276 valence electrons. The molecule has 14 heteroatoms. The average molecular weight is 781 g/mol. The van der Waals surface area contributed by atoms with Gasteiger partial charge in [-0.2, -0.15) is 5.10 Å². The number of hydrogen-bond donors (Lipinski definition) is 1. The molecule has 2 aromatic heterocycles. The Morgan fingerprint density at radius 1 is 0.887 bits per heavy atom. The molecule has 0 unspecified atom stereocenters. The molecule has 10 nitrogen and oxygen atoms in total. The fourth-order valence-electron chi connectivity index (χ4n) is 6.25. The Morgan fingerprint density at radius 3 is 2.43 bits per heavy atom. The highest BCUT2D eigenvalue weighted by Gasteiger charge is 2.20. The number of nitrogens with zero attached hydrogens (tertiary/aromatic N) is 4. The second kappa shape index (κ2) is 17.7. The number of amides is 1. The van der Waals surface area contributed by atoms with Crippen LogP contribution in [0, 0.1) is 5.82 Å². The van der Waals surface area contributed by atoms with Gasteiger partial charge in [-0.05, 0) is 80.9 Å². The number of para-hydroxylation sites is 2. The maximum Gasteiger partial charge on any atom is 0.280 e. The third-order valence-electron chi connectivity index (χ3n) is 8.81. The van der Waals surface area contributed by atoms with Crippen LogP contribution in [0.1, 0.15) is 36.2 Å². The number of carbonyl (C=O) groups excluding carboxylic acids is 1. The summed E-state index contributed by atoms with van der Waals surface area (Å²) in [5, 5.41) is 8.23. The van der Waals surface area contributed by atoms with Crippen molar-refractivity contribution in [2.24, 2.45) is 0 Å². The summed E-state index contributed by atoms with van der Waals surface area (Å²) in [4.78, 5) is 33.7. The average Bonchev–Trinajstić information content (AvgIpc) is 3.15. The van der Waals surface area contributed by atoms with E-state index in [0.717, 1.165) is 32.1 Å². The number of methoxy groups -OCH3 is 1. The van der Waals surface area contributed by atoms with Crippen LogP contribution in [0.2, 0.25) is 5.02 Å². The summed E-state index contributed by atoms with van der Waals surface area (Å²) in [6.45, 7) is 3.81. The van der Waals surface area contributed by atoms with E-state index in [-0.39, 0.29) is 47.3 Å². The van der Waals surface area contributed by atoms with E-state index in [2.05, 4.69) is 20.3 Å². The van der Waals surface area contributed by atoms with E-state index in [1.165, 1.54) is 36.1 Å². The van der Waals surface area contributed by atoms with Gasteiger partial charge < -0.3 is 24.4 Å². The summed E-state index contributed by atoms with van der Waals surface area (Å²) < 4.78 is 34.7. The van der Waals surface area contributed by atoms with Gasteiger partial charge in [0.05, 0.1) is 40.8 Å². The van der Waals surface area contributed by atoms with Crippen molar-refractivity contribution >= 4 is 69.8 Å². The first kappa shape index (κ1) is 39.3. The highest BCUT2D eigenvalue weighted by Crippen LogP contribution is 2.38. The molecule has 0 bridgehead atoms. The van der Waals surface area contributed by atoms with E-state index >= 15 is 4.39 Å². The van der Waals surface area contributed by atoms with Crippen molar-refractivity contribution in [2.75, 3.05) is 38.7 Å². The van der Waals surface area contributed by atoms with Crippen LogP contribution in [-0.4, -0.2) is 58.9 Å². The summed E-state index contributed by atoms with van der Waals surface area (Å²) in [6.07, 6.45) is 6.27. The molecular weight excluding hydrogens is 744 g/mol. The van der Waals surface area contributed by atoms with E-state index in [0.29, 0.717) is 51.0 Å². The molecule has 0 aliphatic carbocycles. The van der Waals surface area contributed by atoms with Crippen molar-refractivity contribution in [3.05, 3.63) is 118 Å². The molecule has 0 atom stereocenters. The molecule has 1 aliphatic rings. The zero-order valence-electron chi connectivity index (χ0n) is 28.7. The quantitative estimate of drug-likeness (QED) is 0.130. The van der Waals surface area contributed by atoms with Crippen LogP contribution in [0.15, 0.2) is 95.9 Å². The van der Waals surface area contributed by atoms with Gasteiger partial charge in [-0.25, -0.2) is 9.07 Å². The molecule has 1 saturated heterocycles. The van der Waals surface area contributed by atoms with E-state index < -0.39 is 17.2 Å². The second-order valence-corrected chi connectivity index (χ2v) is 12.6. The van der Waals surface area contributed by atoms with Gasteiger partial charge in [-0.15, -0.1) is 24.8 Å². The Bertz CT molecular complexity index is 2300. The number of halogens is 4. The molecular formula is C39H37Cl3FN5O5. The van der Waals surface area contributed by atoms with E-state index in [9.17, 15) is 9.59 Å². The van der Waals surface area contributed by atoms with Crippen molar-refractivity contribution in [3.63, 3.8) is 0 Å². The Labute approximate surface area is 322 Å². The molecule has 6 aromatic rings. The molecule has 4 aromatic carbocycles. The number of hydrogen-bond acceptors (Lipinski definition) is 8. The highest BCUT2D eigenvalue weighted by molar-refractivity contribution is 6.32. The molecule has 1 aliphatic heterocycles. The minimum absolute atomic E-state index is 0. The van der Waals surface area contributed by atoms with Gasteiger partial charge in [-0.3, -0.25) is 14.6 Å². The van der Waals surface area contributed by atoms with Crippen LogP contribution in [-0.2, 0) is 0 Å². The normalized spacial score (nSPS) is 12.8. The van der Waals surface area contributed by atoms with Gasteiger partial charge in [0.25, 0.3) is 5.91 Å². The molecule has 1 amide bonds. The fourth-order valence-corrected chi connectivity index (χ4v) is 6.46. The standard InChI is InChI=1S/C39H35ClFN5O5.2ClH/c1-49-35-23-27-30(24-36(35)50-21-9-20-45-18-7-2-8-19-45)42-17-16-33(27)51-34-15-14-25(22-29(34)41)43-39(48)37-38(47)26-10-3-5-12-31(26)46(44-37)32-13-6-4-11-28(32)40;;/h3-6,10-17,22-24H,2,7-9,18-21H2,1H3,(H,43,48);2*1H. The first-order chi connectivity index (χ1) is 24.9. The topological polar surface area (TPSA) is 108 Å². The predicted octanol–water partition coefficient (Wildman–Crippen LogP) is 8.88. The maximum atomic E-state index is 15.5. The SMILES string of the molecule is COc1cc2c(Oc3ccc(NC(=O)c4nn(-c5ccccc5Cl)c5ccccc5c4=O)cc3F)ccnc2cc1OCCCN1CCCCC1.Cl.Cl. The molecule has 0 spiro atoms. The zero-order chi connectivity index (χ0) is 35.3. The Morgan fingerprint density at radius 2 is 1.66 bits per heavy atom. The molecule has 1 N–H and O–H groups in total. The van der Waals surface area contributed by atoms with Gasteiger partial charge >= 0.3 is 0 Å². The van der Waals surface area contributed by atoms with Crippen molar-refractivity contribution in [2.45, 2.75) is 25.7 Å². The lowest BCUT2D eigenvalue weighted by Crippen LogP contribution is -2.31. The number of nitrogens with one attached hydrogen (secondary N) is 1. The van der Waals surface area contributed by atoms with Crippen LogP contribution < -0.4 is 25.0 Å². The zero-order valence-corrected chi connectivity index (χ0v) is 31.1. The van der Waals surface area contributed by atoms with E-state index in [1.54, 1.807) is 80.0 Å². The number of fused-ring (bicyclic) bond motifs is 2. The van der Waals surface area contributed by atoms with Gasteiger partial charge in [0.15, 0.2) is 28.8 Å². The molecule has 53 heavy (non-hydrogen) atoms. The Balaban J connectivity index is 0.00000271. The van der Waals surface area contributed by atoms with Crippen molar-refractivity contribution in [1.82, 2.24) is 19.7 Å². The molecule has 1 fully saturated rings. The second-order valence-electron chi connectivity index (χ2n) is 12.2. The lowest BCUT2D eigenvalue weighted by molar-refractivity contribution is 0.102. The Kier molecular flexibility index (Phi) is 13.1. The number of aromatic nitrogens is 3. The predicted molar refractivity (Wildman–Crippen MR) is 210 cm³/mol. The number of rotatable bonds is 11. The highest BCUT2D eigenvalue weighted by atomic mass is 35.5. The van der Waals surface area contributed by atoms with Crippen molar-refractivity contribution in [1.29, 1.82) is 0 Å². The van der Waals surface area contributed by atoms with E-state index in [1.807, 2.05) is 0 Å². The number of piperidine rings is 1. The lowest BCUT2D eigenvalue weighted by atomic mass is 10.1. The lowest BCUT2D eigenvalue weighted by Gasteiger charge is -2.26. The number of carbonyl (C=O) groups is 1. The minimum Gasteiger partial charge on any atom is -0.493 e. The third-order valence-corrected chi connectivity index (χ3v) is 9.13. The van der Waals surface area contributed by atoms with Gasteiger partial charge in [0, 0.05) is 35.9 Å². The largest absolute Gasteiger partial charge is 0.493 e. The van der Waals surface area contributed by atoms with Crippen LogP contribution in [0.3, 0.4) is 0 Å². The molecule has 7 rings (SSSR count). The first-order valence-electron chi connectivity index (χ1n) is 16.8. The summed E-state index contributed by atoms with van der Waals surface area (Å²) in [5.74, 6) is -0.199. The molecule has 0 saturated carbocycles. The number of benzene rings is 4. The molecule has 3 heterocycles. The van der Waals surface area contributed by atoms with Crippen LogP contribution in [0.4, 0.5) is 10.1 Å². The summed E-state index contributed by atoms with van der Waals surface area (Å²) in [5.41, 5.74) is 0.716. The minimum atomic E-state index is -0.809. The van der Waals surface area contributed by atoms with Crippen LogP contribution in [0.5, 0.6) is 23.0 Å². The van der Waals surface area contributed by atoms with Gasteiger partial charge in [-0.1, -0.05) is 42.3 Å². The van der Waals surface area contributed by atoms with E-state index in [4.69, 9.17) is 25.8 Å². The van der Waals surface area contributed by atoms with Gasteiger partial charge in [0.1, 0.15) is 5.75 Å². The number of pyridine rings is 1.